The summed E-state index contributed by atoms with van der Waals surface area (Å²) in [6.45, 7) is 6.09. The molecular weight excluding hydrogens is 371 g/mol. The maximum absolute atomic E-state index is 12.8. The Morgan fingerprint density at radius 3 is 2.39 bits per heavy atom. The fraction of sp³-hybridized carbons (Fsp3) is 0.400. The Kier molecular flexibility index (Phi) is 5.76. The zero-order chi connectivity index (χ0) is 20.3. The highest BCUT2D eigenvalue weighted by Gasteiger charge is 2.33. The van der Waals surface area contributed by atoms with Crippen LogP contribution >= 0.6 is 0 Å². The number of anilines is 1. The molecule has 1 fully saturated rings. The minimum absolute atomic E-state index is 0.0870. The number of para-hydroxylation sites is 2. The number of piperazine rings is 1. The normalized spacial score (nSPS) is 14.9. The van der Waals surface area contributed by atoms with Crippen LogP contribution in [0.4, 0.5) is 18.9 Å². The second kappa shape index (κ2) is 8.08. The van der Waals surface area contributed by atoms with Crippen molar-refractivity contribution in [2.24, 2.45) is 0 Å². The van der Waals surface area contributed by atoms with E-state index in [1.165, 1.54) is 13.0 Å². The maximum atomic E-state index is 12.8. The van der Waals surface area contributed by atoms with E-state index in [0.717, 1.165) is 17.5 Å². The van der Waals surface area contributed by atoms with Gasteiger partial charge in [-0.15, -0.1) is 0 Å². The topological polar surface area (TPSA) is 45.7 Å². The van der Waals surface area contributed by atoms with Crippen molar-refractivity contribution in [2.45, 2.75) is 20.0 Å². The average Bonchev–Trinajstić information content (AvgIpc) is 2.67. The molecule has 5 nitrogen and oxygen atoms in total. The number of rotatable bonds is 4. The van der Waals surface area contributed by atoms with Gasteiger partial charge < -0.3 is 14.5 Å². The molecule has 0 saturated carbocycles. The molecule has 1 saturated heterocycles. The highest BCUT2D eigenvalue weighted by molar-refractivity contribution is 5.95. The predicted molar refractivity (Wildman–Crippen MR) is 99.7 cm³/mol. The Labute approximate surface area is 161 Å². The highest BCUT2D eigenvalue weighted by atomic mass is 19.4. The van der Waals surface area contributed by atoms with E-state index in [9.17, 15) is 18.0 Å². The number of aromatic nitrogens is 1. The van der Waals surface area contributed by atoms with E-state index < -0.39 is 11.9 Å². The van der Waals surface area contributed by atoms with E-state index in [2.05, 4.69) is 9.88 Å². The van der Waals surface area contributed by atoms with Crippen LogP contribution in [-0.4, -0.2) is 48.6 Å². The molecule has 2 heterocycles. The Morgan fingerprint density at radius 1 is 1.11 bits per heavy atom. The molecule has 0 atom stereocenters. The summed E-state index contributed by atoms with van der Waals surface area (Å²) in [5.74, 6) is 0.504. The van der Waals surface area contributed by atoms with Gasteiger partial charge in [0, 0.05) is 26.2 Å². The van der Waals surface area contributed by atoms with Crippen LogP contribution in [0.1, 0.15) is 28.7 Å². The van der Waals surface area contributed by atoms with Gasteiger partial charge in [0.25, 0.3) is 5.91 Å². The number of alkyl halides is 3. The molecule has 0 bridgehead atoms. The van der Waals surface area contributed by atoms with E-state index in [1.807, 2.05) is 31.2 Å². The summed E-state index contributed by atoms with van der Waals surface area (Å²) in [7, 11) is 0. The summed E-state index contributed by atoms with van der Waals surface area (Å²) in [4.78, 5) is 20.1. The van der Waals surface area contributed by atoms with Crippen LogP contribution in [0.15, 0.2) is 36.4 Å². The van der Waals surface area contributed by atoms with Crippen molar-refractivity contribution in [3.63, 3.8) is 0 Å². The first-order valence-corrected chi connectivity index (χ1v) is 9.12. The van der Waals surface area contributed by atoms with Gasteiger partial charge in [-0.1, -0.05) is 12.1 Å². The van der Waals surface area contributed by atoms with Crippen LogP contribution in [0.2, 0.25) is 0 Å². The van der Waals surface area contributed by atoms with E-state index in [0.29, 0.717) is 32.8 Å². The predicted octanol–water partition coefficient (Wildman–Crippen LogP) is 3.77. The highest BCUT2D eigenvalue weighted by Crippen LogP contribution is 2.30. The van der Waals surface area contributed by atoms with E-state index in [4.69, 9.17) is 4.74 Å². The summed E-state index contributed by atoms with van der Waals surface area (Å²) >= 11 is 0. The lowest BCUT2D eigenvalue weighted by Crippen LogP contribution is -2.49. The van der Waals surface area contributed by atoms with E-state index in [1.54, 1.807) is 4.90 Å². The molecule has 8 heteroatoms. The third-order valence-electron chi connectivity index (χ3n) is 4.68. The van der Waals surface area contributed by atoms with Gasteiger partial charge in [-0.3, -0.25) is 4.79 Å². The lowest BCUT2D eigenvalue weighted by molar-refractivity contribution is -0.141. The number of halogens is 3. The molecule has 1 aromatic heterocycles. The van der Waals surface area contributed by atoms with Crippen molar-refractivity contribution in [3.05, 3.63) is 53.3 Å². The fourth-order valence-electron chi connectivity index (χ4n) is 3.26. The lowest BCUT2D eigenvalue weighted by atomic mass is 10.1. The van der Waals surface area contributed by atoms with Crippen LogP contribution in [0.5, 0.6) is 5.75 Å². The molecule has 0 N–H and O–H groups in total. The third-order valence-corrected chi connectivity index (χ3v) is 4.68. The van der Waals surface area contributed by atoms with Crippen molar-refractivity contribution in [1.29, 1.82) is 0 Å². The second-order valence-electron chi connectivity index (χ2n) is 6.51. The molecule has 0 radical (unpaired) electrons. The van der Waals surface area contributed by atoms with E-state index in [-0.39, 0.29) is 17.2 Å². The van der Waals surface area contributed by atoms with Crippen molar-refractivity contribution in [1.82, 2.24) is 9.88 Å². The first kappa shape index (κ1) is 20.0. The molecule has 1 amide bonds. The third kappa shape index (κ3) is 4.21. The monoisotopic (exact) mass is 393 g/mol. The largest absolute Gasteiger partial charge is 0.492 e. The van der Waals surface area contributed by atoms with Crippen molar-refractivity contribution in [3.8, 4) is 5.75 Å². The summed E-state index contributed by atoms with van der Waals surface area (Å²) in [6.07, 6.45) is -4.52. The summed E-state index contributed by atoms with van der Waals surface area (Å²) < 4.78 is 44.0. The number of carbonyl (C=O) groups is 1. The quantitative estimate of drug-likeness (QED) is 0.793. The number of hydrogen-bond donors (Lipinski definition) is 0. The minimum Gasteiger partial charge on any atom is -0.492 e. The van der Waals surface area contributed by atoms with Gasteiger partial charge in [0.2, 0.25) is 0 Å². The molecule has 0 aliphatic carbocycles. The fourth-order valence-corrected chi connectivity index (χ4v) is 3.26. The van der Waals surface area contributed by atoms with Crippen LogP contribution in [0.25, 0.3) is 0 Å². The number of hydrogen-bond acceptors (Lipinski definition) is 4. The van der Waals surface area contributed by atoms with Crippen LogP contribution in [-0.2, 0) is 6.18 Å². The van der Waals surface area contributed by atoms with Gasteiger partial charge in [0.05, 0.1) is 23.6 Å². The van der Waals surface area contributed by atoms with Crippen LogP contribution < -0.4 is 9.64 Å². The Bertz CT molecular complexity index is 847. The van der Waals surface area contributed by atoms with Crippen molar-refractivity contribution < 1.29 is 22.7 Å². The van der Waals surface area contributed by atoms with Gasteiger partial charge in [-0.05, 0) is 38.1 Å². The molecule has 28 heavy (non-hydrogen) atoms. The first-order valence-electron chi connectivity index (χ1n) is 9.12. The van der Waals surface area contributed by atoms with Crippen LogP contribution in [0, 0.1) is 6.92 Å². The summed E-state index contributed by atoms with van der Waals surface area (Å²) in [6, 6.07) is 9.81. The summed E-state index contributed by atoms with van der Waals surface area (Å²) in [5.41, 5.74) is 0.280. The smallest absolute Gasteiger partial charge is 0.433 e. The first-order chi connectivity index (χ1) is 13.3. The molecule has 1 aromatic carbocycles. The lowest BCUT2D eigenvalue weighted by Gasteiger charge is -2.36. The Morgan fingerprint density at radius 2 is 1.79 bits per heavy atom. The second-order valence-corrected chi connectivity index (χ2v) is 6.51. The van der Waals surface area contributed by atoms with Crippen LogP contribution in [0.3, 0.4) is 0 Å². The minimum atomic E-state index is -4.52. The Balaban J connectivity index is 1.69. The number of amides is 1. The molecule has 150 valence electrons. The molecule has 0 unspecified atom stereocenters. The van der Waals surface area contributed by atoms with Gasteiger partial charge in [0.15, 0.2) is 0 Å². The molecule has 1 aliphatic heterocycles. The van der Waals surface area contributed by atoms with Gasteiger partial charge in [0.1, 0.15) is 11.4 Å². The number of aryl methyl sites for hydroxylation is 1. The van der Waals surface area contributed by atoms with Gasteiger partial charge >= 0.3 is 6.18 Å². The number of ether oxygens (including phenoxy) is 1. The zero-order valence-electron chi connectivity index (χ0n) is 15.8. The molecule has 0 spiro atoms. The van der Waals surface area contributed by atoms with Gasteiger partial charge in [-0.2, -0.15) is 13.2 Å². The number of pyridine rings is 1. The standard InChI is InChI=1S/C20H22F3N3O2/c1-3-28-17-7-5-4-6-16(17)25-10-12-26(13-11-25)19(27)15-8-9-18(20(21,22)23)24-14(15)2/h4-9H,3,10-13H2,1-2H3. The number of benzene rings is 1. The number of carbonyl (C=O) groups excluding carboxylic acids is 1. The number of nitrogens with zero attached hydrogens (tertiary/aromatic N) is 3. The maximum Gasteiger partial charge on any atom is 0.433 e. The summed E-state index contributed by atoms with van der Waals surface area (Å²) in [5, 5.41) is 0. The zero-order valence-corrected chi connectivity index (χ0v) is 15.8. The Hall–Kier alpha value is -2.77. The SMILES string of the molecule is CCOc1ccccc1N1CCN(C(=O)c2ccc(C(F)(F)F)nc2C)CC1. The van der Waals surface area contributed by atoms with Gasteiger partial charge in [-0.25, -0.2) is 4.98 Å². The van der Waals surface area contributed by atoms with Crippen molar-refractivity contribution in [2.75, 3.05) is 37.7 Å². The molecule has 3 rings (SSSR count). The molecule has 2 aromatic rings. The average molecular weight is 393 g/mol. The van der Waals surface area contributed by atoms with Crippen molar-refractivity contribution >= 4 is 11.6 Å². The molecular formula is C20H22F3N3O2. The molecule has 1 aliphatic rings. The van der Waals surface area contributed by atoms with E-state index >= 15 is 0 Å².